The van der Waals surface area contributed by atoms with Crippen LogP contribution >= 0.6 is 0 Å². The van der Waals surface area contributed by atoms with Crippen LogP contribution in [-0.2, 0) is 24.1 Å². The first-order valence-electron chi connectivity index (χ1n) is 8.85. The zero-order valence-corrected chi connectivity index (χ0v) is 15.4. The highest BCUT2D eigenvalue weighted by molar-refractivity contribution is 5.80. The summed E-state index contributed by atoms with van der Waals surface area (Å²) in [7, 11) is 1.34. The summed E-state index contributed by atoms with van der Waals surface area (Å²) in [4.78, 5) is 12.6. The van der Waals surface area contributed by atoms with Gasteiger partial charge in [0.15, 0.2) is 11.5 Å². The standard InChI is InChI=1S/C21H20F2N2O3/c1-27-17-7-6-14(10-18(17)28-20(22)23)11-19(26)25-21(13-24)9-8-15-4-2-3-5-16(15)12-21/h2-7,10,20H,8-9,11-12H2,1H3,(H,25,26)/t21-/m0/s1. The SMILES string of the molecule is COc1ccc(CC(=O)N[C@@]2(C#N)CCc3ccccc3C2)cc1OC(F)F. The van der Waals surface area contributed by atoms with E-state index in [1.54, 1.807) is 6.07 Å². The molecule has 0 spiro atoms. The van der Waals surface area contributed by atoms with E-state index in [2.05, 4.69) is 16.1 Å². The first-order chi connectivity index (χ1) is 13.4. The number of carbonyl (C=O) groups excluding carboxylic acids is 1. The highest BCUT2D eigenvalue weighted by atomic mass is 19.3. The molecular formula is C21H20F2N2O3. The second-order valence-electron chi connectivity index (χ2n) is 6.73. The minimum atomic E-state index is -3.00. The highest BCUT2D eigenvalue weighted by Gasteiger charge is 2.35. The van der Waals surface area contributed by atoms with Gasteiger partial charge in [-0.15, -0.1) is 0 Å². The molecule has 0 fully saturated rings. The van der Waals surface area contributed by atoms with Gasteiger partial charge in [-0.2, -0.15) is 14.0 Å². The number of halogens is 2. The number of alkyl halides is 2. The number of hydrogen-bond acceptors (Lipinski definition) is 4. The van der Waals surface area contributed by atoms with Crippen molar-refractivity contribution in [3.05, 3.63) is 59.2 Å². The van der Waals surface area contributed by atoms with Gasteiger partial charge in [-0.3, -0.25) is 4.79 Å². The van der Waals surface area contributed by atoms with E-state index in [-0.39, 0.29) is 23.8 Å². The second kappa shape index (κ2) is 8.26. The Kier molecular flexibility index (Phi) is 5.78. The normalized spacial score (nSPS) is 18.1. The molecule has 0 aliphatic heterocycles. The number of methoxy groups -OCH3 is 1. The summed E-state index contributed by atoms with van der Waals surface area (Å²) in [6.07, 6.45) is 1.61. The summed E-state index contributed by atoms with van der Waals surface area (Å²) in [6.45, 7) is -3.00. The Hall–Kier alpha value is -3.14. The lowest BCUT2D eigenvalue weighted by Gasteiger charge is -2.33. The van der Waals surface area contributed by atoms with E-state index in [4.69, 9.17) is 4.74 Å². The Bertz CT molecular complexity index is 911. The van der Waals surface area contributed by atoms with Crippen LogP contribution in [0.15, 0.2) is 42.5 Å². The molecule has 1 atom stereocenters. The maximum Gasteiger partial charge on any atom is 0.387 e. The van der Waals surface area contributed by atoms with Crippen LogP contribution in [0, 0.1) is 11.3 Å². The van der Waals surface area contributed by atoms with Crippen LogP contribution in [0.1, 0.15) is 23.1 Å². The van der Waals surface area contributed by atoms with Crippen molar-refractivity contribution in [3.63, 3.8) is 0 Å². The molecule has 0 heterocycles. The largest absolute Gasteiger partial charge is 0.493 e. The fourth-order valence-corrected chi connectivity index (χ4v) is 3.48. The minimum Gasteiger partial charge on any atom is -0.493 e. The van der Waals surface area contributed by atoms with Gasteiger partial charge < -0.3 is 14.8 Å². The number of nitrogens with zero attached hydrogens (tertiary/aromatic N) is 1. The number of rotatable bonds is 6. The van der Waals surface area contributed by atoms with Gasteiger partial charge in [0.05, 0.1) is 19.6 Å². The zero-order valence-electron chi connectivity index (χ0n) is 15.4. The minimum absolute atomic E-state index is 0.0608. The van der Waals surface area contributed by atoms with Gasteiger partial charge in [0.1, 0.15) is 5.54 Å². The number of hydrogen-bond donors (Lipinski definition) is 1. The van der Waals surface area contributed by atoms with Crippen LogP contribution in [0.2, 0.25) is 0 Å². The van der Waals surface area contributed by atoms with Gasteiger partial charge in [-0.25, -0.2) is 0 Å². The third-order valence-corrected chi connectivity index (χ3v) is 4.83. The van der Waals surface area contributed by atoms with Gasteiger partial charge in [-0.05, 0) is 41.7 Å². The molecule has 7 heteroatoms. The predicted octanol–water partition coefficient (Wildman–Crippen LogP) is 3.41. The molecular weight excluding hydrogens is 366 g/mol. The van der Waals surface area contributed by atoms with Gasteiger partial charge >= 0.3 is 6.61 Å². The van der Waals surface area contributed by atoms with Crippen LogP contribution in [0.25, 0.3) is 0 Å². The summed E-state index contributed by atoms with van der Waals surface area (Å²) >= 11 is 0. The molecule has 1 N–H and O–H groups in total. The summed E-state index contributed by atoms with van der Waals surface area (Å²) < 4.78 is 34.6. The average Bonchev–Trinajstić information content (AvgIpc) is 2.67. The van der Waals surface area contributed by atoms with E-state index in [0.29, 0.717) is 24.8 Å². The molecule has 0 unspecified atom stereocenters. The number of ether oxygens (including phenoxy) is 2. The van der Waals surface area contributed by atoms with Gasteiger partial charge in [0, 0.05) is 6.42 Å². The monoisotopic (exact) mass is 386 g/mol. The quantitative estimate of drug-likeness (QED) is 0.826. The van der Waals surface area contributed by atoms with Crippen LogP contribution in [0.3, 0.4) is 0 Å². The third-order valence-electron chi connectivity index (χ3n) is 4.83. The first kappa shape index (κ1) is 19.6. The molecule has 1 amide bonds. The Balaban J connectivity index is 1.72. The summed E-state index contributed by atoms with van der Waals surface area (Å²) in [5.74, 6) is -0.333. The molecule has 1 aliphatic rings. The van der Waals surface area contributed by atoms with Crippen LogP contribution in [0.5, 0.6) is 11.5 Å². The van der Waals surface area contributed by atoms with E-state index in [1.807, 2.05) is 24.3 Å². The molecule has 0 saturated heterocycles. The number of nitrogens with one attached hydrogen (secondary N) is 1. The van der Waals surface area contributed by atoms with Gasteiger partial charge in [-0.1, -0.05) is 30.3 Å². The second-order valence-corrected chi connectivity index (χ2v) is 6.73. The van der Waals surface area contributed by atoms with Crippen LogP contribution in [0.4, 0.5) is 8.78 Å². The van der Waals surface area contributed by atoms with E-state index >= 15 is 0 Å². The molecule has 3 rings (SSSR count). The van der Waals surface area contributed by atoms with Crippen molar-refractivity contribution >= 4 is 5.91 Å². The Morgan fingerprint density at radius 2 is 2.00 bits per heavy atom. The van der Waals surface area contributed by atoms with E-state index < -0.39 is 12.2 Å². The number of nitriles is 1. The summed E-state index contributed by atoms with van der Waals surface area (Å²) in [5, 5.41) is 12.5. The highest BCUT2D eigenvalue weighted by Crippen LogP contribution is 2.31. The molecule has 5 nitrogen and oxygen atoms in total. The number of carbonyl (C=O) groups is 1. The summed E-state index contributed by atoms with van der Waals surface area (Å²) in [6, 6.07) is 14.5. The molecule has 0 aromatic heterocycles. The lowest BCUT2D eigenvalue weighted by atomic mass is 9.78. The molecule has 2 aromatic rings. The first-order valence-corrected chi connectivity index (χ1v) is 8.85. The molecule has 2 aromatic carbocycles. The van der Waals surface area contributed by atoms with Crippen molar-refractivity contribution < 1.29 is 23.0 Å². The number of amides is 1. The average molecular weight is 386 g/mol. The fraction of sp³-hybridized carbons (Fsp3) is 0.333. The predicted molar refractivity (Wildman–Crippen MR) is 98.3 cm³/mol. The maximum absolute atomic E-state index is 12.6. The zero-order chi connectivity index (χ0) is 20.1. The molecule has 0 saturated carbocycles. The van der Waals surface area contributed by atoms with Crippen molar-refractivity contribution in [2.45, 2.75) is 37.8 Å². The van der Waals surface area contributed by atoms with Crippen LogP contribution < -0.4 is 14.8 Å². The van der Waals surface area contributed by atoms with Gasteiger partial charge in [0.2, 0.25) is 5.91 Å². The molecule has 1 aliphatic carbocycles. The Labute approximate surface area is 161 Å². The van der Waals surface area contributed by atoms with Crippen molar-refractivity contribution in [1.29, 1.82) is 5.26 Å². The van der Waals surface area contributed by atoms with Gasteiger partial charge in [0.25, 0.3) is 0 Å². The van der Waals surface area contributed by atoms with Crippen molar-refractivity contribution in [3.8, 4) is 17.6 Å². The van der Waals surface area contributed by atoms with Crippen molar-refractivity contribution in [1.82, 2.24) is 5.32 Å². The summed E-state index contributed by atoms with van der Waals surface area (Å²) in [5.41, 5.74) is 1.75. The molecule has 0 radical (unpaired) electrons. The Morgan fingerprint density at radius 1 is 1.25 bits per heavy atom. The lowest BCUT2D eigenvalue weighted by molar-refractivity contribution is -0.121. The van der Waals surface area contributed by atoms with E-state index in [0.717, 1.165) is 5.56 Å². The smallest absolute Gasteiger partial charge is 0.387 e. The molecule has 28 heavy (non-hydrogen) atoms. The van der Waals surface area contributed by atoms with E-state index in [9.17, 15) is 18.8 Å². The van der Waals surface area contributed by atoms with E-state index in [1.165, 1.54) is 24.8 Å². The maximum atomic E-state index is 12.6. The number of aryl methyl sites for hydroxylation is 1. The fourth-order valence-electron chi connectivity index (χ4n) is 3.48. The number of benzene rings is 2. The Morgan fingerprint density at radius 3 is 2.68 bits per heavy atom. The third kappa shape index (κ3) is 4.39. The number of fused-ring (bicyclic) bond motifs is 1. The molecule has 0 bridgehead atoms. The van der Waals surface area contributed by atoms with Crippen LogP contribution in [-0.4, -0.2) is 25.2 Å². The van der Waals surface area contributed by atoms with Crippen molar-refractivity contribution in [2.75, 3.05) is 7.11 Å². The lowest BCUT2D eigenvalue weighted by Crippen LogP contribution is -2.51. The molecule has 146 valence electrons. The topological polar surface area (TPSA) is 71.3 Å². The van der Waals surface area contributed by atoms with Crippen molar-refractivity contribution in [2.24, 2.45) is 0 Å².